The second-order valence-electron chi connectivity index (χ2n) is 6.84. The molecular weight excluding hydrogens is 392 g/mol. The van der Waals surface area contributed by atoms with Gasteiger partial charge in [0.1, 0.15) is 11.5 Å². The van der Waals surface area contributed by atoms with Gasteiger partial charge in [-0.3, -0.25) is 4.79 Å². The van der Waals surface area contributed by atoms with Crippen LogP contribution in [0.2, 0.25) is 0 Å². The predicted octanol–water partition coefficient (Wildman–Crippen LogP) is 3.27. The normalized spacial score (nSPS) is 12.5. The molecule has 8 heteroatoms. The summed E-state index contributed by atoms with van der Waals surface area (Å²) in [5.41, 5.74) is 0.959. The van der Waals surface area contributed by atoms with E-state index in [1.54, 1.807) is 19.1 Å². The summed E-state index contributed by atoms with van der Waals surface area (Å²) in [6.45, 7) is 7.86. The summed E-state index contributed by atoms with van der Waals surface area (Å²) in [4.78, 5) is 12.4. The zero-order valence-electron chi connectivity index (χ0n) is 17.4. The number of rotatable bonds is 9. The van der Waals surface area contributed by atoms with Crippen molar-refractivity contribution in [2.24, 2.45) is 0 Å². The zero-order valence-corrected chi connectivity index (χ0v) is 18.2. The van der Waals surface area contributed by atoms with Gasteiger partial charge < -0.3 is 14.8 Å². The third-order valence-corrected chi connectivity index (χ3v) is 5.71. The molecule has 158 valence electrons. The first kappa shape index (κ1) is 22.7. The molecule has 0 saturated carbocycles. The van der Waals surface area contributed by atoms with Crippen LogP contribution in [0, 0.1) is 0 Å². The number of carbonyl (C=O) groups is 1. The van der Waals surface area contributed by atoms with Crippen molar-refractivity contribution >= 4 is 15.9 Å². The third kappa shape index (κ3) is 5.95. The number of sulfonamides is 1. The fourth-order valence-corrected chi connectivity index (χ4v) is 4.02. The van der Waals surface area contributed by atoms with Crippen LogP contribution in [-0.2, 0) is 10.0 Å². The van der Waals surface area contributed by atoms with Crippen molar-refractivity contribution in [3.63, 3.8) is 0 Å². The fraction of sp³-hybridized carbons (Fsp3) is 0.381. The number of hydrogen-bond acceptors (Lipinski definition) is 5. The molecule has 0 spiro atoms. The first-order valence-electron chi connectivity index (χ1n) is 9.42. The van der Waals surface area contributed by atoms with E-state index in [1.165, 1.54) is 25.3 Å². The van der Waals surface area contributed by atoms with Crippen LogP contribution in [0.5, 0.6) is 11.5 Å². The van der Waals surface area contributed by atoms with E-state index in [0.717, 1.165) is 11.3 Å². The minimum Gasteiger partial charge on any atom is -0.496 e. The molecule has 0 radical (unpaired) electrons. The third-order valence-electron chi connectivity index (χ3n) is 4.17. The Morgan fingerprint density at radius 3 is 2.28 bits per heavy atom. The molecule has 1 amide bonds. The lowest BCUT2D eigenvalue weighted by Crippen LogP contribution is -2.31. The molecule has 0 heterocycles. The maximum Gasteiger partial charge on any atom is 0.255 e. The van der Waals surface area contributed by atoms with Crippen LogP contribution in [0.15, 0.2) is 47.4 Å². The number of hydrogen-bond donors (Lipinski definition) is 2. The second kappa shape index (κ2) is 9.76. The van der Waals surface area contributed by atoms with Crippen molar-refractivity contribution in [1.29, 1.82) is 0 Å². The summed E-state index contributed by atoms with van der Waals surface area (Å²) in [5, 5.41) is 2.75. The highest BCUT2D eigenvalue weighted by Gasteiger charge is 2.22. The standard InChI is InChI=1S/C21H28N2O5S/c1-6-28-17-9-7-16(8-10-17)15(4)23-29(25,26)18-11-12-20(27-5)19(13-18)21(24)22-14(2)3/h7-15,23H,6H2,1-5H3,(H,22,24). The van der Waals surface area contributed by atoms with E-state index in [1.807, 2.05) is 32.9 Å². The number of nitrogens with one attached hydrogen (secondary N) is 2. The van der Waals surface area contributed by atoms with Gasteiger partial charge in [0.15, 0.2) is 0 Å². The van der Waals surface area contributed by atoms with Gasteiger partial charge in [0.05, 0.1) is 24.2 Å². The summed E-state index contributed by atoms with van der Waals surface area (Å²) in [7, 11) is -2.42. The van der Waals surface area contributed by atoms with E-state index >= 15 is 0 Å². The van der Waals surface area contributed by atoms with Crippen molar-refractivity contribution in [3.8, 4) is 11.5 Å². The minimum atomic E-state index is -3.85. The maximum absolute atomic E-state index is 12.9. The molecule has 1 unspecified atom stereocenters. The summed E-state index contributed by atoms with van der Waals surface area (Å²) < 4.78 is 39.0. The molecule has 0 saturated heterocycles. The van der Waals surface area contributed by atoms with E-state index in [-0.39, 0.29) is 16.5 Å². The topological polar surface area (TPSA) is 93.7 Å². The Kier molecular flexibility index (Phi) is 7.64. The quantitative estimate of drug-likeness (QED) is 0.649. The Morgan fingerprint density at radius 1 is 1.07 bits per heavy atom. The molecule has 0 aliphatic rings. The van der Waals surface area contributed by atoms with Crippen molar-refractivity contribution in [2.75, 3.05) is 13.7 Å². The second-order valence-corrected chi connectivity index (χ2v) is 8.55. The van der Waals surface area contributed by atoms with E-state index in [4.69, 9.17) is 9.47 Å². The van der Waals surface area contributed by atoms with Crippen LogP contribution < -0.4 is 19.5 Å². The van der Waals surface area contributed by atoms with Gasteiger partial charge in [-0.2, -0.15) is 0 Å². The SMILES string of the molecule is CCOc1ccc(C(C)NS(=O)(=O)c2ccc(OC)c(C(=O)NC(C)C)c2)cc1. The van der Waals surface area contributed by atoms with Gasteiger partial charge in [0.25, 0.3) is 5.91 Å². The summed E-state index contributed by atoms with van der Waals surface area (Å²) >= 11 is 0. The molecule has 2 aromatic carbocycles. The Bertz CT molecular complexity index is 940. The predicted molar refractivity (Wildman–Crippen MR) is 112 cm³/mol. The van der Waals surface area contributed by atoms with Crippen molar-refractivity contribution in [2.45, 2.75) is 44.7 Å². The van der Waals surface area contributed by atoms with Crippen LogP contribution in [-0.4, -0.2) is 34.1 Å². The Balaban J connectivity index is 2.26. The molecule has 0 aliphatic carbocycles. The average molecular weight is 421 g/mol. The smallest absolute Gasteiger partial charge is 0.255 e. The number of benzene rings is 2. The van der Waals surface area contributed by atoms with Crippen LogP contribution in [0.3, 0.4) is 0 Å². The van der Waals surface area contributed by atoms with Crippen LogP contribution in [0.1, 0.15) is 49.7 Å². The molecule has 29 heavy (non-hydrogen) atoms. The van der Waals surface area contributed by atoms with Gasteiger partial charge in [0, 0.05) is 12.1 Å². The van der Waals surface area contributed by atoms with Crippen LogP contribution >= 0.6 is 0 Å². The lowest BCUT2D eigenvalue weighted by atomic mass is 10.1. The van der Waals surface area contributed by atoms with Crippen molar-refractivity contribution in [1.82, 2.24) is 10.0 Å². The van der Waals surface area contributed by atoms with E-state index in [9.17, 15) is 13.2 Å². The average Bonchev–Trinajstić information content (AvgIpc) is 2.67. The van der Waals surface area contributed by atoms with Crippen LogP contribution in [0.25, 0.3) is 0 Å². The van der Waals surface area contributed by atoms with Gasteiger partial charge in [-0.1, -0.05) is 12.1 Å². The molecule has 1 atom stereocenters. The highest BCUT2D eigenvalue weighted by molar-refractivity contribution is 7.89. The minimum absolute atomic E-state index is 0.00927. The molecule has 0 bridgehead atoms. The highest BCUT2D eigenvalue weighted by Crippen LogP contribution is 2.25. The highest BCUT2D eigenvalue weighted by atomic mass is 32.2. The van der Waals surface area contributed by atoms with Crippen molar-refractivity contribution in [3.05, 3.63) is 53.6 Å². The lowest BCUT2D eigenvalue weighted by molar-refractivity contribution is 0.0940. The molecule has 2 aromatic rings. The first-order valence-corrected chi connectivity index (χ1v) is 10.9. The molecule has 0 fully saturated rings. The summed E-state index contributed by atoms with van der Waals surface area (Å²) in [5.74, 6) is 0.636. The molecule has 2 N–H and O–H groups in total. The van der Waals surface area contributed by atoms with Gasteiger partial charge in [-0.05, 0) is 63.6 Å². The first-order chi connectivity index (χ1) is 13.7. The molecule has 0 aromatic heterocycles. The van der Waals surface area contributed by atoms with Crippen LogP contribution in [0.4, 0.5) is 0 Å². The van der Waals surface area contributed by atoms with Gasteiger partial charge in [-0.15, -0.1) is 0 Å². The Morgan fingerprint density at radius 2 is 1.72 bits per heavy atom. The fourth-order valence-electron chi connectivity index (χ4n) is 2.76. The van der Waals surface area contributed by atoms with Gasteiger partial charge >= 0.3 is 0 Å². The number of carbonyl (C=O) groups excluding carboxylic acids is 1. The monoisotopic (exact) mass is 420 g/mol. The van der Waals surface area contributed by atoms with Gasteiger partial charge in [0.2, 0.25) is 10.0 Å². The van der Waals surface area contributed by atoms with Crippen molar-refractivity contribution < 1.29 is 22.7 Å². The molecule has 2 rings (SSSR count). The number of amides is 1. The molecule has 7 nitrogen and oxygen atoms in total. The van der Waals surface area contributed by atoms with Gasteiger partial charge in [-0.25, -0.2) is 13.1 Å². The summed E-state index contributed by atoms with van der Waals surface area (Å²) in [6.07, 6.45) is 0. The molecular formula is C21H28N2O5S. The number of methoxy groups -OCH3 is 1. The summed E-state index contributed by atoms with van der Waals surface area (Å²) in [6, 6.07) is 10.9. The Labute approximate surface area is 172 Å². The van der Waals surface area contributed by atoms with E-state index in [0.29, 0.717) is 12.4 Å². The van der Waals surface area contributed by atoms with E-state index < -0.39 is 22.0 Å². The largest absolute Gasteiger partial charge is 0.496 e. The molecule has 0 aliphatic heterocycles. The lowest BCUT2D eigenvalue weighted by Gasteiger charge is -2.17. The zero-order chi connectivity index (χ0) is 21.6. The Hall–Kier alpha value is -2.58. The van der Waals surface area contributed by atoms with E-state index in [2.05, 4.69) is 10.0 Å². The maximum atomic E-state index is 12.9. The number of ether oxygens (including phenoxy) is 2.